The highest BCUT2D eigenvalue weighted by atomic mass is 15.2. The Kier molecular flexibility index (Phi) is 7.12. The Balaban J connectivity index is 0.000000192. The van der Waals surface area contributed by atoms with Gasteiger partial charge in [-0.1, -0.05) is 24.3 Å². The van der Waals surface area contributed by atoms with Crippen molar-refractivity contribution in [1.29, 1.82) is 0 Å². The van der Waals surface area contributed by atoms with E-state index in [1.54, 1.807) is 6.20 Å². The van der Waals surface area contributed by atoms with Crippen molar-refractivity contribution >= 4 is 16.6 Å². The summed E-state index contributed by atoms with van der Waals surface area (Å²) in [7, 11) is 4.05. The number of aromatic nitrogens is 2. The molecule has 1 aromatic carbocycles. The molecule has 0 bridgehead atoms. The average molecular weight is 376 g/mol. The SMILES string of the molecule is C=CCN1CCN(C)CC1.CNc1cc2cc(-c3cccnc3)ccc2cn1. The Bertz CT molecular complexity index is 886. The summed E-state index contributed by atoms with van der Waals surface area (Å²) in [5.74, 6) is 0.880. The molecule has 1 N–H and O–H groups in total. The highest BCUT2D eigenvalue weighted by Crippen LogP contribution is 2.24. The maximum Gasteiger partial charge on any atom is 0.126 e. The van der Waals surface area contributed by atoms with Crippen LogP contribution in [0.3, 0.4) is 0 Å². The molecule has 4 rings (SSSR count). The first-order valence-corrected chi connectivity index (χ1v) is 9.69. The van der Waals surface area contributed by atoms with E-state index in [9.17, 15) is 0 Å². The zero-order valence-electron chi connectivity index (χ0n) is 16.8. The molecule has 3 heterocycles. The summed E-state index contributed by atoms with van der Waals surface area (Å²) >= 11 is 0. The minimum atomic E-state index is 0.880. The third kappa shape index (κ3) is 5.38. The van der Waals surface area contributed by atoms with E-state index in [0.29, 0.717) is 0 Å². The molecule has 0 spiro atoms. The lowest BCUT2D eigenvalue weighted by atomic mass is 10.0. The van der Waals surface area contributed by atoms with Crippen LogP contribution in [0.1, 0.15) is 0 Å². The van der Waals surface area contributed by atoms with Crippen LogP contribution in [0.25, 0.3) is 21.9 Å². The first-order valence-electron chi connectivity index (χ1n) is 9.69. The summed E-state index contributed by atoms with van der Waals surface area (Å²) in [6.07, 6.45) is 7.52. The van der Waals surface area contributed by atoms with Gasteiger partial charge in [-0.2, -0.15) is 0 Å². The molecule has 0 aliphatic carbocycles. The summed E-state index contributed by atoms with van der Waals surface area (Å²) in [6, 6.07) is 12.4. The van der Waals surface area contributed by atoms with Crippen LogP contribution in [-0.2, 0) is 0 Å². The van der Waals surface area contributed by atoms with E-state index in [4.69, 9.17) is 0 Å². The van der Waals surface area contributed by atoms with Crippen LogP contribution in [-0.4, -0.2) is 66.6 Å². The van der Waals surface area contributed by atoms with Crippen molar-refractivity contribution in [2.24, 2.45) is 0 Å². The molecule has 1 aliphatic heterocycles. The molecule has 5 nitrogen and oxygen atoms in total. The van der Waals surface area contributed by atoms with Gasteiger partial charge in [0.15, 0.2) is 0 Å². The van der Waals surface area contributed by atoms with Gasteiger partial charge < -0.3 is 10.2 Å². The van der Waals surface area contributed by atoms with Gasteiger partial charge >= 0.3 is 0 Å². The molecule has 1 aliphatic rings. The molecule has 1 saturated heterocycles. The molecule has 5 heteroatoms. The standard InChI is InChI=1S/C15H13N3.C8H16N2/c1-16-15-8-14-7-11(4-5-13(14)10-18-15)12-3-2-6-17-9-12;1-3-4-10-7-5-9(2)6-8-10/h2-10H,1H3,(H,16,18);3H,1,4-8H2,2H3. The predicted octanol–water partition coefficient (Wildman–Crippen LogP) is 3.76. The maximum atomic E-state index is 4.30. The van der Waals surface area contributed by atoms with Crippen LogP contribution in [0.15, 0.2) is 67.6 Å². The second kappa shape index (κ2) is 9.97. The topological polar surface area (TPSA) is 44.3 Å². The molecule has 0 saturated carbocycles. The summed E-state index contributed by atoms with van der Waals surface area (Å²) in [5.41, 5.74) is 2.30. The average Bonchev–Trinajstić information content (AvgIpc) is 2.76. The summed E-state index contributed by atoms with van der Waals surface area (Å²) in [4.78, 5) is 13.2. The van der Waals surface area contributed by atoms with Crippen molar-refractivity contribution in [3.63, 3.8) is 0 Å². The molecule has 1 fully saturated rings. The molecular formula is C23H29N5. The minimum Gasteiger partial charge on any atom is -0.373 e. The molecule has 3 aromatic rings. The fourth-order valence-corrected chi connectivity index (χ4v) is 3.20. The van der Waals surface area contributed by atoms with Gasteiger partial charge in [0.2, 0.25) is 0 Å². The number of rotatable bonds is 4. The number of pyridine rings is 2. The fraction of sp³-hybridized carbons (Fsp3) is 0.304. The van der Waals surface area contributed by atoms with Crippen molar-refractivity contribution in [3.8, 4) is 11.1 Å². The highest BCUT2D eigenvalue weighted by molar-refractivity contribution is 5.88. The van der Waals surface area contributed by atoms with E-state index in [1.807, 2.05) is 31.6 Å². The number of hydrogen-bond donors (Lipinski definition) is 1. The van der Waals surface area contributed by atoms with Crippen LogP contribution >= 0.6 is 0 Å². The van der Waals surface area contributed by atoms with Gasteiger partial charge in [-0.25, -0.2) is 4.98 Å². The third-order valence-corrected chi connectivity index (χ3v) is 4.96. The first kappa shape index (κ1) is 20.0. The zero-order valence-corrected chi connectivity index (χ0v) is 16.8. The van der Waals surface area contributed by atoms with Gasteiger partial charge in [0.25, 0.3) is 0 Å². The molecule has 2 aromatic heterocycles. The number of nitrogens with zero attached hydrogens (tertiary/aromatic N) is 4. The monoisotopic (exact) mass is 375 g/mol. The van der Waals surface area contributed by atoms with E-state index in [1.165, 1.54) is 37.1 Å². The number of benzene rings is 1. The van der Waals surface area contributed by atoms with Crippen LogP contribution in [0.4, 0.5) is 5.82 Å². The normalized spacial score (nSPS) is 14.9. The molecular weight excluding hydrogens is 346 g/mol. The van der Waals surface area contributed by atoms with Crippen molar-refractivity contribution < 1.29 is 0 Å². The van der Waals surface area contributed by atoms with Crippen LogP contribution < -0.4 is 5.32 Å². The zero-order chi connectivity index (χ0) is 19.8. The van der Waals surface area contributed by atoms with E-state index < -0.39 is 0 Å². The Morgan fingerprint density at radius 3 is 2.54 bits per heavy atom. The van der Waals surface area contributed by atoms with Gasteiger partial charge in [-0.3, -0.25) is 9.88 Å². The molecule has 146 valence electrons. The molecule has 28 heavy (non-hydrogen) atoms. The van der Waals surface area contributed by atoms with Crippen molar-refractivity contribution in [3.05, 3.63) is 67.6 Å². The van der Waals surface area contributed by atoms with Gasteiger partial charge in [-0.15, -0.1) is 6.58 Å². The van der Waals surface area contributed by atoms with E-state index in [0.717, 1.165) is 23.3 Å². The number of hydrogen-bond acceptors (Lipinski definition) is 5. The smallest absolute Gasteiger partial charge is 0.126 e. The Morgan fingerprint density at radius 2 is 1.86 bits per heavy atom. The lowest BCUT2D eigenvalue weighted by Gasteiger charge is -2.31. The van der Waals surface area contributed by atoms with E-state index in [2.05, 4.69) is 69.0 Å². The van der Waals surface area contributed by atoms with Gasteiger partial charge in [0.1, 0.15) is 5.82 Å². The summed E-state index contributed by atoms with van der Waals surface area (Å²) in [5, 5.41) is 5.37. The number of fused-ring (bicyclic) bond motifs is 1. The number of nitrogens with one attached hydrogen (secondary N) is 1. The van der Waals surface area contributed by atoms with Crippen LogP contribution in [0, 0.1) is 0 Å². The number of likely N-dealkylation sites (N-methyl/N-ethyl adjacent to an activating group) is 1. The second-order valence-electron chi connectivity index (χ2n) is 7.02. The highest BCUT2D eigenvalue weighted by Gasteiger charge is 2.11. The van der Waals surface area contributed by atoms with Crippen LogP contribution in [0.2, 0.25) is 0 Å². The predicted molar refractivity (Wildman–Crippen MR) is 119 cm³/mol. The molecule has 0 atom stereocenters. The van der Waals surface area contributed by atoms with Crippen molar-refractivity contribution in [2.45, 2.75) is 0 Å². The minimum absolute atomic E-state index is 0.880. The van der Waals surface area contributed by atoms with Crippen molar-refractivity contribution in [2.75, 3.05) is 52.1 Å². The van der Waals surface area contributed by atoms with Crippen LogP contribution in [0.5, 0.6) is 0 Å². The molecule has 0 amide bonds. The number of piperazine rings is 1. The third-order valence-electron chi connectivity index (χ3n) is 4.96. The summed E-state index contributed by atoms with van der Waals surface area (Å²) in [6.45, 7) is 9.57. The van der Waals surface area contributed by atoms with Gasteiger partial charge in [0, 0.05) is 69.3 Å². The molecule has 0 unspecified atom stereocenters. The lowest BCUT2D eigenvalue weighted by Crippen LogP contribution is -2.44. The van der Waals surface area contributed by atoms with E-state index in [-0.39, 0.29) is 0 Å². The summed E-state index contributed by atoms with van der Waals surface area (Å²) < 4.78 is 0. The lowest BCUT2D eigenvalue weighted by molar-refractivity contribution is 0.166. The Hall–Kier alpha value is -2.76. The largest absolute Gasteiger partial charge is 0.373 e. The van der Waals surface area contributed by atoms with E-state index >= 15 is 0 Å². The van der Waals surface area contributed by atoms with Gasteiger partial charge in [0.05, 0.1) is 0 Å². The van der Waals surface area contributed by atoms with Gasteiger partial charge in [-0.05, 0) is 36.2 Å². The quantitative estimate of drug-likeness (QED) is 0.704. The Labute approximate surface area is 167 Å². The maximum absolute atomic E-state index is 4.30. The second-order valence-corrected chi connectivity index (χ2v) is 7.02. The number of anilines is 1. The van der Waals surface area contributed by atoms with Crippen molar-refractivity contribution in [1.82, 2.24) is 19.8 Å². The fourth-order valence-electron chi connectivity index (χ4n) is 3.20. The first-order chi connectivity index (χ1) is 13.7. The Morgan fingerprint density at radius 1 is 1.04 bits per heavy atom. The molecule has 0 radical (unpaired) electrons.